The molecule has 1 aromatic rings. The van der Waals surface area contributed by atoms with E-state index in [2.05, 4.69) is 29.9 Å². The van der Waals surface area contributed by atoms with E-state index >= 15 is 0 Å². The highest BCUT2D eigenvalue weighted by molar-refractivity contribution is 7.08. The molecule has 0 aliphatic rings. The molecule has 0 amide bonds. The van der Waals surface area contributed by atoms with Crippen LogP contribution in [0.1, 0.15) is 37.3 Å². The first kappa shape index (κ1) is 9.75. The highest BCUT2D eigenvalue weighted by Gasteiger charge is 2.08. The Morgan fingerprint density at radius 1 is 1.50 bits per heavy atom. The lowest BCUT2D eigenvalue weighted by Crippen LogP contribution is -2.06. The second kappa shape index (κ2) is 4.63. The third kappa shape index (κ3) is 2.08. The topological polar surface area (TPSA) is 12.0 Å². The summed E-state index contributed by atoms with van der Waals surface area (Å²) in [6.45, 7) is 5.54. The molecule has 12 heavy (non-hydrogen) atoms. The smallest absolute Gasteiger partial charge is 0.0213 e. The molecular formula is C10H17NS. The molecule has 1 nitrogen and oxygen atoms in total. The third-order valence-electron chi connectivity index (χ3n) is 2.29. The second-order valence-electron chi connectivity index (χ2n) is 3.19. The number of hydrogen-bond acceptors (Lipinski definition) is 2. The van der Waals surface area contributed by atoms with Crippen LogP contribution in [-0.2, 0) is 6.54 Å². The van der Waals surface area contributed by atoms with Crippen LogP contribution in [0.4, 0.5) is 0 Å². The fourth-order valence-corrected chi connectivity index (χ4v) is 2.30. The summed E-state index contributed by atoms with van der Waals surface area (Å²) in [5.41, 5.74) is 2.99. The average Bonchev–Trinajstić information content (AvgIpc) is 2.52. The minimum Gasteiger partial charge on any atom is -0.316 e. The van der Waals surface area contributed by atoms with Crippen molar-refractivity contribution in [1.82, 2.24) is 5.32 Å². The van der Waals surface area contributed by atoms with Crippen molar-refractivity contribution in [2.75, 3.05) is 7.05 Å². The zero-order chi connectivity index (χ0) is 8.97. The van der Waals surface area contributed by atoms with Crippen molar-refractivity contribution in [2.45, 2.75) is 32.7 Å². The second-order valence-corrected chi connectivity index (χ2v) is 3.94. The Morgan fingerprint density at radius 2 is 2.25 bits per heavy atom. The molecular weight excluding hydrogens is 166 g/mol. The first-order valence-corrected chi connectivity index (χ1v) is 5.43. The third-order valence-corrected chi connectivity index (χ3v) is 3.10. The summed E-state index contributed by atoms with van der Waals surface area (Å²) in [5, 5.41) is 7.72. The molecule has 0 aliphatic heterocycles. The molecule has 1 rings (SSSR count). The van der Waals surface area contributed by atoms with Gasteiger partial charge in [0.1, 0.15) is 0 Å². The Balaban J connectivity index is 2.76. The normalized spacial score (nSPS) is 13.2. The maximum absolute atomic E-state index is 3.20. The van der Waals surface area contributed by atoms with Gasteiger partial charge < -0.3 is 5.32 Å². The van der Waals surface area contributed by atoms with Crippen LogP contribution in [0.3, 0.4) is 0 Å². The summed E-state index contributed by atoms with van der Waals surface area (Å²) in [4.78, 5) is 0. The molecule has 2 heteroatoms. The predicted octanol–water partition coefficient (Wildman–Crippen LogP) is 2.98. The van der Waals surface area contributed by atoms with Crippen LogP contribution in [0.5, 0.6) is 0 Å². The zero-order valence-electron chi connectivity index (χ0n) is 8.05. The lowest BCUT2D eigenvalue weighted by Gasteiger charge is -2.09. The van der Waals surface area contributed by atoms with Gasteiger partial charge >= 0.3 is 0 Å². The van der Waals surface area contributed by atoms with E-state index in [1.807, 2.05) is 18.4 Å². The molecule has 0 spiro atoms. The van der Waals surface area contributed by atoms with Gasteiger partial charge in [-0.05, 0) is 41.3 Å². The van der Waals surface area contributed by atoms with E-state index in [1.54, 1.807) is 0 Å². The molecule has 0 radical (unpaired) electrons. The largest absolute Gasteiger partial charge is 0.316 e. The first-order valence-electron chi connectivity index (χ1n) is 4.49. The highest BCUT2D eigenvalue weighted by atomic mass is 32.1. The molecule has 68 valence electrons. The van der Waals surface area contributed by atoms with E-state index in [0.29, 0.717) is 5.92 Å². The Kier molecular flexibility index (Phi) is 3.76. The molecule has 1 aromatic heterocycles. The number of nitrogens with one attached hydrogen (secondary N) is 1. The number of hydrogen-bond donors (Lipinski definition) is 1. The summed E-state index contributed by atoms with van der Waals surface area (Å²) < 4.78 is 0. The molecule has 0 saturated heterocycles. The molecule has 0 bridgehead atoms. The van der Waals surface area contributed by atoms with Gasteiger partial charge in [0.25, 0.3) is 0 Å². The van der Waals surface area contributed by atoms with Gasteiger partial charge in [0.05, 0.1) is 0 Å². The van der Waals surface area contributed by atoms with Gasteiger partial charge in [-0.25, -0.2) is 0 Å². The SMILES string of the molecule is CCC(C)c1cscc1CNC. The van der Waals surface area contributed by atoms with E-state index in [0.717, 1.165) is 6.54 Å². The molecule has 1 unspecified atom stereocenters. The zero-order valence-corrected chi connectivity index (χ0v) is 8.87. The molecule has 0 fully saturated rings. The van der Waals surface area contributed by atoms with Crippen LogP contribution in [-0.4, -0.2) is 7.05 Å². The van der Waals surface area contributed by atoms with E-state index in [4.69, 9.17) is 0 Å². The van der Waals surface area contributed by atoms with Crippen molar-refractivity contribution >= 4 is 11.3 Å². The fraction of sp³-hybridized carbons (Fsp3) is 0.600. The molecule has 0 saturated carbocycles. The van der Waals surface area contributed by atoms with Gasteiger partial charge in [0, 0.05) is 6.54 Å². The molecule has 0 aromatic carbocycles. The van der Waals surface area contributed by atoms with Gasteiger partial charge in [-0.15, -0.1) is 0 Å². The van der Waals surface area contributed by atoms with Crippen molar-refractivity contribution in [2.24, 2.45) is 0 Å². The van der Waals surface area contributed by atoms with Gasteiger partial charge in [0.15, 0.2) is 0 Å². The van der Waals surface area contributed by atoms with Crippen molar-refractivity contribution in [1.29, 1.82) is 0 Å². The molecule has 0 aliphatic carbocycles. The summed E-state index contributed by atoms with van der Waals surface area (Å²) in [5.74, 6) is 0.708. The fourth-order valence-electron chi connectivity index (χ4n) is 1.32. The maximum Gasteiger partial charge on any atom is 0.0213 e. The molecule has 1 atom stereocenters. The van der Waals surface area contributed by atoms with Gasteiger partial charge in [-0.1, -0.05) is 13.8 Å². The monoisotopic (exact) mass is 183 g/mol. The van der Waals surface area contributed by atoms with E-state index < -0.39 is 0 Å². The molecule has 1 heterocycles. The van der Waals surface area contributed by atoms with Crippen LogP contribution in [0.25, 0.3) is 0 Å². The Bertz CT molecular complexity index is 229. The van der Waals surface area contributed by atoms with Gasteiger partial charge in [-0.2, -0.15) is 11.3 Å². The Labute approximate surface area is 78.8 Å². The quantitative estimate of drug-likeness (QED) is 0.756. The first-order chi connectivity index (χ1) is 5.79. The van der Waals surface area contributed by atoms with E-state index in [1.165, 1.54) is 17.5 Å². The number of rotatable bonds is 4. The minimum absolute atomic E-state index is 0.708. The van der Waals surface area contributed by atoms with Crippen LogP contribution in [0.15, 0.2) is 10.8 Å². The summed E-state index contributed by atoms with van der Waals surface area (Å²) in [6, 6.07) is 0. The standard InChI is InChI=1S/C10H17NS/c1-4-8(2)10-7-12-6-9(10)5-11-3/h6-8,11H,4-5H2,1-3H3. The average molecular weight is 183 g/mol. The highest BCUT2D eigenvalue weighted by Crippen LogP contribution is 2.25. The van der Waals surface area contributed by atoms with Crippen LogP contribution in [0, 0.1) is 0 Å². The minimum atomic E-state index is 0.708. The van der Waals surface area contributed by atoms with Crippen LogP contribution in [0.2, 0.25) is 0 Å². The lowest BCUT2D eigenvalue weighted by atomic mass is 9.98. The lowest BCUT2D eigenvalue weighted by molar-refractivity contribution is 0.712. The van der Waals surface area contributed by atoms with Gasteiger partial charge in [-0.3, -0.25) is 0 Å². The summed E-state index contributed by atoms with van der Waals surface area (Å²) >= 11 is 1.81. The maximum atomic E-state index is 3.20. The van der Waals surface area contributed by atoms with Crippen molar-refractivity contribution in [3.63, 3.8) is 0 Å². The molecule has 1 N–H and O–H groups in total. The van der Waals surface area contributed by atoms with E-state index in [-0.39, 0.29) is 0 Å². The predicted molar refractivity (Wildman–Crippen MR) is 55.8 cm³/mol. The van der Waals surface area contributed by atoms with Crippen molar-refractivity contribution in [3.8, 4) is 0 Å². The number of thiophene rings is 1. The van der Waals surface area contributed by atoms with Crippen LogP contribution < -0.4 is 5.32 Å². The van der Waals surface area contributed by atoms with Gasteiger partial charge in [0.2, 0.25) is 0 Å². The van der Waals surface area contributed by atoms with Crippen molar-refractivity contribution < 1.29 is 0 Å². The van der Waals surface area contributed by atoms with Crippen LogP contribution >= 0.6 is 11.3 Å². The summed E-state index contributed by atoms with van der Waals surface area (Å²) in [6.07, 6.45) is 1.23. The Hall–Kier alpha value is -0.340. The summed E-state index contributed by atoms with van der Waals surface area (Å²) in [7, 11) is 2.00. The van der Waals surface area contributed by atoms with Crippen molar-refractivity contribution in [3.05, 3.63) is 21.9 Å². The Morgan fingerprint density at radius 3 is 2.83 bits per heavy atom. The van der Waals surface area contributed by atoms with E-state index in [9.17, 15) is 0 Å².